The zero-order valence-electron chi connectivity index (χ0n) is 15.9. The molecule has 1 aliphatic heterocycles. The number of ether oxygens (including phenoxy) is 2. The fraction of sp³-hybridized carbons (Fsp3) is 0.350. The van der Waals surface area contributed by atoms with E-state index in [9.17, 15) is 13.2 Å². The van der Waals surface area contributed by atoms with Crippen molar-refractivity contribution in [1.29, 1.82) is 0 Å². The second-order valence-electron chi connectivity index (χ2n) is 6.65. The molecule has 1 saturated heterocycles. The summed E-state index contributed by atoms with van der Waals surface area (Å²) < 4.78 is 38.0. The van der Waals surface area contributed by atoms with Gasteiger partial charge in [0.25, 0.3) is 5.91 Å². The molecule has 2 N–H and O–H groups in total. The van der Waals surface area contributed by atoms with Crippen molar-refractivity contribution in [1.82, 2.24) is 4.72 Å². The van der Waals surface area contributed by atoms with E-state index in [1.807, 2.05) is 19.1 Å². The molecule has 28 heavy (non-hydrogen) atoms. The van der Waals surface area contributed by atoms with E-state index in [-0.39, 0.29) is 23.5 Å². The number of carbonyl (C=O) groups excluding carboxylic acids is 1. The lowest BCUT2D eigenvalue weighted by molar-refractivity contribution is 0.102. The molecule has 0 aromatic heterocycles. The van der Waals surface area contributed by atoms with E-state index in [4.69, 9.17) is 9.47 Å². The van der Waals surface area contributed by atoms with E-state index in [0.29, 0.717) is 23.6 Å². The van der Waals surface area contributed by atoms with Crippen LogP contribution in [0.1, 0.15) is 28.8 Å². The molecule has 1 heterocycles. The highest BCUT2D eigenvalue weighted by molar-refractivity contribution is 7.89. The molecule has 1 fully saturated rings. The molecule has 0 bridgehead atoms. The molecular formula is C20H24N2O5S. The van der Waals surface area contributed by atoms with Crippen LogP contribution in [0.15, 0.2) is 47.4 Å². The summed E-state index contributed by atoms with van der Waals surface area (Å²) in [6, 6.07) is 11.2. The predicted octanol–water partition coefficient (Wildman–Crippen LogP) is 2.71. The normalized spacial score (nSPS) is 16.7. The van der Waals surface area contributed by atoms with Crippen LogP contribution in [-0.2, 0) is 14.8 Å². The van der Waals surface area contributed by atoms with E-state index in [1.54, 1.807) is 13.2 Å². The summed E-state index contributed by atoms with van der Waals surface area (Å²) in [5, 5.41) is 2.82. The average Bonchev–Trinajstić information content (AvgIpc) is 3.22. The van der Waals surface area contributed by atoms with Crippen LogP contribution < -0.4 is 14.8 Å². The van der Waals surface area contributed by atoms with Crippen LogP contribution in [0.4, 0.5) is 5.69 Å². The Morgan fingerprint density at radius 1 is 1.21 bits per heavy atom. The summed E-state index contributed by atoms with van der Waals surface area (Å²) in [4.78, 5) is 12.6. The monoisotopic (exact) mass is 404 g/mol. The van der Waals surface area contributed by atoms with Gasteiger partial charge in [0.05, 0.1) is 18.1 Å². The molecule has 1 atom stereocenters. The van der Waals surface area contributed by atoms with Crippen LogP contribution >= 0.6 is 0 Å². The predicted molar refractivity (Wildman–Crippen MR) is 106 cm³/mol. The summed E-state index contributed by atoms with van der Waals surface area (Å²) in [6.07, 6.45) is 1.72. The van der Waals surface area contributed by atoms with Crippen molar-refractivity contribution in [2.45, 2.75) is 30.8 Å². The first-order valence-corrected chi connectivity index (χ1v) is 10.5. The molecule has 1 aliphatic rings. The Bertz CT molecular complexity index is 936. The first-order chi connectivity index (χ1) is 13.4. The van der Waals surface area contributed by atoms with Gasteiger partial charge < -0.3 is 14.8 Å². The van der Waals surface area contributed by atoms with Gasteiger partial charge in [-0.3, -0.25) is 4.79 Å². The zero-order chi connectivity index (χ0) is 20.1. The number of aryl methyl sites for hydroxylation is 1. The summed E-state index contributed by atoms with van der Waals surface area (Å²) in [5.74, 6) is 0.312. The maximum Gasteiger partial charge on any atom is 0.255 e. The number of anilines is 1. The Morgan fingerprint density at radius 2 is 1.96 bits per heavy atom. The van der Waals surface area contributed by atoms with Crippen molar-refractivity contribution in [2.75, 3.05) is 25.6 Å². The van der Waals surface area contributed by atoms with E-state index in [1.165, 1.54) is 24.3 Å². The largest absolute Gasteiger partial charge is 0.497 e. The Kier molecular flexibility index (Phi) is 6.33. The fourth-order valence-corrected chi connectivity index (χ4v) is 4.00. The van der Waals surface area contributed by atoms with Crippen LogP contribution in [-0.4, -0.2) is 40.7 Å². The molecular weight excluding hydrogens is 380 g/mol. The van der Waals surface area contributed by atoms with Gasteiger partial charge in [0.1, 0.15) is 5.75 Å². The maximum atomic E-state index is 12.5. The third-order valence-corrected chi connectivity index (χ3v) is 6.08. The molecule has 2 aromatic rings. The van der Waals surface area contributed by atoms with Crippen molar-refractivity contribution >= 4 is 21.6 Å². The summed E-state index contributed by atoms with van der Waals surface area (Å²) in [5.41, 5.74) is 1.89. The van der Waals surface area contributed by atoms with Gasteiger partial charge in [0.2, 0.25) is 10.0 Å². The highest BCUT2D eigenvalue weighted by atomic mass is 32.2. The standard InChI is InChI=1S/C20H24N2O5S/c1-14-5-8-16(26-2)12-19(14)22-20(23)15-6-9-18(10-7-15)28(24,25)21-13-17-4-3-11-27-17/h5-10,12,17,21H,3-4,11,13H2,1-2H3,(H,22,23)/t17-/m0/s1. The Morgan fingerprint density at radius 3 is 2.61 bits per heavy atom. The first kappa shape index (κ1) is 20.3. The van der Waals surface area contributed by atoms with Crippen LogP contribution in [0.3, 0.4) is 0 Å². The molecule has 1 amide bonds. The minimum atomic E-state index is -3.64. The summed E-state index contributed by atoms with van der Waals surface area (Å²) in [6.45, 7) is 2.80. The number of hydrogen-bond acceptors (Lipinski definition) is 5. The molecule has 0 unspecified atom stereocenters. The Labute approximate surface area is 165 Å². The van der Waals surface area contributed by atoms with Gasteiger partial charge >= 0.3 is 0 Å². The van der Waals surface area contributed by atoms with Gasteiger partial charge in [-0.05, 0) is 55.7 Å². The van der Waals surface area contributed by atoms with Crippen LogP contribution in [0.25, 0.3) is 0 Å². The minimum Gasteiger partial charge on any atom is -0.497 e. The molecule has 0 spiro atoms. The fourth-order valence-electron chi connectivity index (χ4n) is 2.93. The van der Waals surface area contributed by atoms with Gasteiger partial charge in [0, 0.05) is 30.5 Å². The highest BCUT2D eigenvalue weighted by Crippen LogP contribution is 2.22. The maximum absolute atomic E-state index is 12.5. The quantitative estimate of drug-likeness (QED) is 0.740. The summed E-state index contributed by atoms with van der Waals surface area (Å²) in [7, 11) is -2.09. The number of amides is 1. The third kappa shape index (κ3) is 4.89. The number of sulfonamides is 1. The number of benzene rings is 2. The van der Waals surface area contributed by atoms with E-state index in [2.05, 4.69) is 10.0 Å². The van der Waals surface area contributed by atoms with Crippen LogP contribution in [0.2, 0.25) is 0 Å². The summed E-state index contributed by atoms with van der Waals surface area (Å²) >= 11 is 0. The number of methoxy groups -OCH3 is 1. The smallest absolute Gasteiger partial charge is 0.255 e. The average molecular weight is 404 g/mol. The van der Waals surface area contributed by atoms with Crippen LogP contribution in [0.5, 0.6) is 5.75 Å². The van der Waals surface area contributed by atoms with Crippen molar-refractivity contribution in [3.63, 3.8) is 0 Å². The number of hydrogen-bond donors (Lipinski definition) is 2. The molecule has 3 rings (SSSR count). The van der Waals surface area contributed by atoms with Gasteiger partial charge in [-0.2, -0.15) is 0 Å². The van der Waals surface area contributed by atoms with Crippen molar-refractivity contribution in [3.05, 3.63) is 53.6 Å². The topological polar surface area (TPSA) is 93.7 Å². The van der Waals surface area contributed by atoms with Gasteiger partial charge in [-0.1, -0.05) is 6.07 Å². The van der Waals surface area contributed by atoms with Crippen molar-refractivity contribution in [3.8, 4) is 5.75 Å². The van der Waals surface area contributed by atoms with Crippen molar-refractivity contribution in [2.24, 2.45) is 0 Å². The molecule has 150 valence electrons. The van der Waals surface area contributed by atoms with Gasteiger partial charge in [-0.25, -0.2) is 13.1 Å². The molecule has 0 radical (unpaired) electrons. The highest BCUT2D eigenvalue weighted by Gasteiger charge is 2.20. The third-order valence-electron chi connectivity index (χ3n) is 4.64. The SMILES string of the molecule is COc1ccc(C)c(NC(=O)c2ccc(S(=O)(=O)NC[C@@H]3CCCO3)cc2)c1. The molecule has 7 nitrogen and oxygen atoms in total. The van der Waals surface area contributed by atoms with E-state index in [0.717, 1.165) is 18.4 Å². The zero-order valence-corrected chi connectivity index (χ0v) is 16.7. The molecule has 2 aromatic carbocycles. The lowest BCUT2D eigenvalue weighted by Crippen LogP contribution is -2.31. The van der Waals surface area contributed by atoms with Gasteiger partial charge in [-0.15, -0.1) is 0 Å². The lowest BCUT2D eigenvalue weighted by atomic mass is 10.1. The minimum absolute atomic E-state index is 0.0778. The Balaban J connectivity index is 1.67. The van der Waals surface area contributed by atoms with E-state index >= 15 is 0 Å². The molecule has 8 heteroatoms. The lowest BCUT2D eigenvalue weighted by Gasteiger charge is -2.12. The van der Waals surface area contributed by atoms with Crippen LogP contribution in [0, 0.1) is 6.92 Å². The first-order valence-electron chi connectivity index (χ1n) is 9.06. The number of carbonyl (C=O) groups is 1. The number of rotatable bonds is 7. The van der Waals surface area contributed by atoms with Gasteiger partial charge in [0.15, 0.2) is 0 Å². The van der Waals surface area contributed by atoms with Crippen molar-refractivity contribution < 1.29 is 22.7 Å². The van der Waals surface area contributed by atoms with E-state index < -0.39 is 10.0 Å². The second kappa shape index (κ2) is 8.72. The Hall–Kier alpha value is -2.42. The molecule has 0 aliphatic carbocycles. The molecule has 0 saturated carbocycles. The number of nitrogens with one attached hydrogen (secondary N) is 2. The second-order valence-corrected chi connectivity index (χ2v) is 8.41.